The molecule has 0 spiro atoms. The van der Waals surface area contributed by atoms with Crippen LogP contribution in [0.2, 0.25) is 0 Å². The Morgan fingerprint density at radius 3 is 2.47 bits per heavy atom. The third-order valence-electron chi connectivity index (χ3n) is 3.87. The molecule has 1 N–H and O–H groups in total. The monoisotopic (exact) mass is 233 g/mol. The predicted octanol–water partition coefficient (Wildman–Crippen LogP) is 2.94. The Hall–Kier alpha value is -0.860. The van der Waals surface area contributed by atoms with Crippen LogP contribution in [0.25, 0.3) is 0 Å². The van der Waals surface area contributed by atoms with Crippen molar-refractivity contribution >= 4 is 0 Å². The highest BCUT2D eigenvalue weighted by atomic mass is 16.5. The highest BCUT2D eigenvalue weighted by molar-refractivity contribution is 5.26. The summed E-state index contributed by atoms with van der Waals surface area (Å²) in [6.45, 7) is 0.803. The molecule has 0 heterocycles. The minimum absolute atomic E-state index is 0.542. The molecule has 0 saturated heterocycles. The van der Waals surface area contributed by atoms with Crippen molar-refractivity contribution in [1.29, 1.82) is 0 Å². The molecule has 1 atom stereocenters. The van der Waals surface area contributed by atoms with E-state index in [9.17, 15) is 0 Å². The first kappa shape index (κ1) is 12.6. The summed E-state index contributed by atoms with van der Waals surface area (Å²) in [4.78, 5) is 0. The van der Waals surface area contributed by atoms with Crippen LogP contribution in [-0.4, -0.2) is 20.8 Å². The summed E-state index contributed by atoms with van der Waals surface area (Å²) in [7, 11) is 3.82. The van der Waals surface area contributed by atoms with Gasteiger partial charge in [-0.25, -0.2) is 0 Å². The van der Waals surface area contributed by atoms with Gasteiger partial charge < -0.3 is 10.1 Å². The Balaban J connectivity index is 1.99. The van der Waals surface area contributed by atoms with Gasteiger partial charge in [-0.15, -0.1) is 0 Å². The maximum absolute atomic E-state index is 5.10. The highest BCUT2D eigenvalue weighted by Gasteiger charge is 2.26. The third kappa shape index (κ3) is 3.08. The molecule has 1 aromatic rings. The van der Waals surface area contributed by atoms with Gasteiger partial charge >= 0.3 is 0 Å². The molecule has 0 aliphatic heterocycles. The lowest BCUT2D eigenvalue weighted by Gasteiger charge is -2.34. The Labute approximate surface area is 104 Å². The van der Waals surface area contributed by atoms with Crippen molar-refractivity contribution in [3.63, 3.8) is 0 Å². The van der Waals surface area contributed by atoms with Gasteiger partial charge in [0, 0.05) is 13.2 Å². The molecule has 0 aromatic heterocycles. The molecule has 2 nitrogen and oxygen atoms in total. The average Bonchev–Trinajstić information content (AvgIpc) is 2.32. The summed E-state index contributed by atoms with van der Waals surface area (Å²) in [6, 6.07) is 9.55. The molecule has 17 heavy (non-hydrogen) atoms. The Morgan fingerprint density at radius 1 is 1.29 bits per heavy atom. The van der Waals surface area contributed by atoms with Gasteiger partial charge in [-0.1, -0.05) is 30.7 Å². The molecule has 1 fully saturated rings. The standard InChI is InChI=1S/C15H23NO/c1-16-15(13-4-3-5-13)14-8-6-12(7-9-14)10-11-17-2/h6-9,13,15-16H,3-5,10-11H2,1-2H3. The summed E-state index contributed by atoms with van der Waals surface area (Å²) in [5.41, 5.74) is 2.79. The molecular formula is C15H23NO. The first-order chi connectivity index (χ1) is 8.35. The molecule has 1 aliphatic carbocycles. The van der Waals surface area contributed by atoms with E-state index in [2.05, 4.69) is 36.6 Å². The van der Waals surface area contributed by atoms with E-state index in [1.54, 1.807) is 7.11 Å². The third-order valence-corrected chi connectivity index (χ3v) is 3.87. The van der Waals surface area contributed by atoms with E-state index in [0.717, 1.165) is 18.9 Å². The zero-order valence-corrected chi connectivity index (χ0v) is 10.9. The molecule has 1 unspecified atom stereocenters. The van der Waals surface area contributed by atoms with E-state index in [-0.39, 0.29) is 0 Å². The molecule has 2 heteroatoms. The van der Waals surface area contributed by atoms with Crippen molar-refractivity contribution in [3.05, 3.63) is 35.4 Å². The fourth-order valence-corrected chi connectivity index (χ4v) is 2.56. The molecular weight excluding hydrogens is 210 g/mol. The summed E-state index contributed by atoms with van der Waals surface area (Å²) in [5, 5.41) is 3.46. The second-order valence-corrected chi connectivity index (χ2v) is 4.94. The smallest absolute Gasteiger partial charge is 0.0502 e. The minimum Gasteiger partial charge on any atom is -0.384 e. The maximum Gasteiger partial charge on any atom is 0.0502 e. The normalized spacial score (nSPS) is 17.8. The molecule has 0 radical (unpaired) electrons. The van der Waals surface area contributed by atoms with Gasteiger partial charge in [0.25, 0.3) is 0 Å². The van der Waals surface area contributed by atoms with Crippen LogP contribution in [0.1, 0.15) is 36.4 Å². The van der Waals surface area contributed by atoms with Crippen LogP contribution in [0, 0.1) is 5.92 Å². The first-order valence-corrected chi connectivity index (χ1v) is 6.60. The van der Waals surface area contributed by atoms with Crippen molar-refractivity contribution < 1.29 is 4.74 Å². The van der Waals surface area contributed by atoms with E-state index in [0.29, 0.717) is 6.04 Å². The maximum atomic E-state index is 5.10. The van der Waals surface area contributed by atoms with Gasteiger partial charge in [0.1, 0.15) is 0 Å². The van der Waals surface area contributed by atoms with Crippen LogP contribution in [0.3, 0.4) is 0 Å². The molecule has 1 saturated carbocycles. The molecule has 2 rings (SSSR count). The van der Waals surface area contributed by atoms with Gasteiger partial charge in [-0.2, -0.15) is 0 Å². The quantitative estimate of drug-likeness (QED) is 0.815. The number of hydrogen-bond donors (Lipinski definition) is 1. The van der Waals surface area contributed by atoms with Gasteiger partial charge in [0.15, 0.2) is 0 Å². The summed E-state index contributed by atoms with van der Waals surface area (Å²) in [6.07, 6.45) is 5.15. The van der Waals surface area contributed by atoms with Crippen molar-refractivity contribution in [2.45, 2.75) is 31.7 Å². The summed E-state index contributed by atoms with van der Waals surface area (Å²) in [5.74, 6) is 0.838. The number of nitrogens with one attached hydrogen (secondary N) is 1. The summed E-state index contributed by atoms with van der Waals surface area (Å²) < 4.78 is 5.10. The van der Waals surface area contributed by atoms with Gasteiger partial charge in [0.05, 0.1) is 6.61 Å². The van der Waals surface area contributed by atoms with Crippen molar-refractivity contribution in [1.82, 2.24) is 5.32 Å². The van der Waals surface area contributed by atoms with Crippen LogP contribution < -0.4 is 5.32 Å². The van der Waals surface area contributed by atoms with E-state index >= 15 is 0 Å². The summed E-state index contributed by atoms with van der Waals surface area (Å²) >= 11 is 0. The molecule has 1 aliphatic rings. The number of ether oxygens (including phenoxy) is 1. The lowest BCUT2D eigenvalue weighted by atomic mass is 9.77. The molecule has 0 bridgehead atoms. The highest BCUT2D eigenvalue weighted by Crippen LogP contribution is 2.37. The predicted molar refractivity (Wildman–Crippen MR) is 71.2 cm³/mol. The second kappa shape index (κ2) is 6.18. The van der Waals surface area contributed by atoms with Gasteiger partial charge in [-0.3, -0.25) is 0 Å². The first-order valence-electron chi connectivity index (χ1n) is 6.60. The lowest BCUT2D eigenvalue weighted by molar-refractivity contribution is 0.202. The molecule has 1 aromatic carbocycles. The molecule has 94 valence electrons. The fourth-order valence-electron chi connectivity index (χ4n) is 2.56. The minimum atomic E-state index is 0.542. The van der Waals surface area contributed by atoms with E-state index in [1.165, 1.54) is 30.4 Å². The largest absolute Gasteiger partial charge is 0.384 e. The SMILES string of the molecule is CNC(c1ccc(CCOC)cc1)C1CCC1. The van der Waals surface area contributed by atoms with Crippen molar-refractivity contribution in [2.24, 2.45) is 5.92 Å². The van der Waals surface area contributed by atoms with E-state index < -0.39 is 0 Å². The zero-order chi connectivity index (χ0) is 12.1. The lowest BCUT2D eigenvalue weighted by Crippen LogP contribution is -2.29. The van der Waals surface area contributed by atoms with Crippen LogP contribution in [0.15, 0.2) is 24.3 Å². The molecule has 0 amide bonds. The van der Waals surface area contributed by atoms with E-state index in [1.807, 2.05) is 0 Å². The van der Waals surface area contributed by atoms with Crippen molar-refractivity contribution in [3.8, 4) is 0 Å². The van der Waals surface area contributed by atoms with Gasteiger partial charge in [-0.05, 0) is 43.4 Å². The number of hydrogen-bond acceptors (Lipinski definition) is 2. The van der Waals surface area contributed by atoms with Gasteiger partial charge in [0.2, 0.25) is 0 Å². The van der Waals surface area contributed by atoms with Crippen molar-refractivity contribution in [2.75, 3.05) is 20.8 Å². The van der Waals surface area contributed by atoms with E-state index in [4.69, 9.17) is 4.74 Å². The number of methoxy groups -OCH3 is 1. The number of rotatable bonds is 6. The van der Waals surface area contributed by atoms with Crippen LogP contribution in [0.5, 0.6) is 0 Å². The van der Waals surface area contributed by atoms with Crippen LogP contribution in [-0.2, 0) is 11.2 Å². The Bertz CT molecular complexity index is 329. The average molecular weight is 233 g/mol. The second-order valence-electron chi connectivity index (χ2n) is 4.94. The Kier molecular flexibility index (Phi) is 4.57. The number of benzene rings is 1. The van der Waals surface area contributed by atoms with Crippen LogP contribution >= 0.6 is 0 Å². The Morgan fingerprint density at radius 2 is 2.00 bits per heavy atom. The zero-order valence-electron chi connectivity index (χ0n) is 10.9. The van der Waals surface area contributed by atoms with Crippen LogP contribution in [0.4, 0.5) is 0 Å². The fraction of sp³-hybridized carbons (Fsp3) is 0.600. The topological polar surface area (TPSA) is 21.3 Å².